The van der Waals surface area contributed by atoms with Crippen molar-refractivity contribution < 1.29 is 4.79 Å². The lowest BCUT2D eigenvalue weighted by atomic mass is 10.1. The maximum Gasteiger partial charge on any atom is 0.199 e. The van der Waals surface area contributed by atoms with Gasteiger partial charge in [0.15, 0.2) is 5.96 Å². The lowest BCUT2D eigenvalue weighted by Gasteiger charge is -2.26. The molecule has 3 aliphatic rings. The molecule has 2 atom stereocenters. The molecule has 0 spiro atoms. The van der Waals surface area contributed by atoms with Crippen LogP contribution in [0.5, 0.6) is 0 Å². The van der Waals surface area contributed by atoms with Crippen molar-refractivity contribution in [1.82, 2.24) is 15.5 Å². The average Bonchev–Trinajstić information content (AvgIpc) is 3.53. The fraction of sp³-hybridized carbons (Fsp3) is 0.542. The predicted molar refractivity (Wildman–Crippen MR) is 125 cm³/mol. The van der Waals surface area contributed by atoms with Crippen LogP contribution in [0.3, 0.4) is 0 Å². The SMILES string of the molecule is CN=C1N[C@@H]2CCC[C@@H]2N1C(=N)C/C(C=O)=C(\NCC1CCCC1)Nc1ccccc1. The second-order valence-corrected chi connectivity index (χ2v) is 8.83. The van der Waals surface area contributed by atoms with Gasteiger partial charge in [-0.1, -0.05) is 31.0 Å². The Morgan fingerprint density at radius 2 is 1.97 bits per heavy atom. The van der Waals surface area contributed by atoms with E-state index in [2.05, 4.69) is 20.9 Å². The Hall–Kier alpha value is -2.83. The number of para-hydroxylation sites is 1. The Balaban J connectivity index is 1.54. The van der Waals surface area contributed by atoms with E-state index in [0.717, 1.165) is 43.7 Å². The highest BCUT2D eigenvalue weighted by atomic mass is 16.1. The Morgan fingerprint density at radius 3 is 2.68 bits per heavy atom. The van der Waals surface area contributed by atoms with Gasteiger partial charge in [0.1, 0.15) is 17.9 Å². The van der Waals surface area contributed by atoms with Crippen LogP contribution >= 0.6 is 0 Å². The van der Waals surface area contributed by atoms with E-state index >= 15 is 0 Å². The minimum atomic E-state index is 0.260. The number of aldehydes is 1. The van der Waals surface area contributed by atoms with Crippen molar-refractivity contribution in [2.45, 2.75) is 63.5 Å². The summed E-state index contributed by atoms with van der Waals surface area (Å²) in [6.07, 6.45) is 9.50. The number of hydrogen-bond donors (Lipinski definition) is 4. The lowest BCUT2D eigenvalue weighted by Crippen LogP contribution is -2.40. The van der Waals surface area contributed by atoms with Gasteiger partial charge in [0.05, 0.1) is 6.04 Å². The van der Waals surface area contributed by atoms with Crippen LogP contribution in [0.1, 0.15) is 51.4 Å². The number of benzene rings is 1. The molecule has 1 saturated heterocycles. The summed E-state index contributed by atoms with van der Waals surface area (Å²) >= 11 is 0. The van der Waals surface area contributed by atoms with Crippen molar-refractivity contribution in [1.29, 1.82) is 5.41 Å². The first-order valence-corrected chi connectivity index (χ1v) is 11.5. The van der Waals surface area contributed by atoms with Crippen molar-refractivity contribution in [2.24, 2.45) is 10.9 Å². The van der Waals surface area contributed by atoms with Crippen molar-refractivity contribution in [2.75, 3.05) is 18.9 Å². The second-order valence-electron chi connectivity index (χ2n) is 8.83. The maximum atomic E-state index is 12.2. The molecule has 4 N–H and O–H groups in total. The molecule has 1 aliphatic heterocycles. The number of carbonyl (C=O) groups is 1. The van der Waals surface area contributed by atoms with Crippen molar-refractivity contribution in [3.63, 3.8) is 0 Å². The largest absolute Gasteiger partial charge is 0.371 e. The van der Waals surface area contributed by atoms with Crippen LogP contribution in [0.4, 0.5) is 5.69 Å². The molecule has 4 rings (SSSR count). The molecule has 3 fully saturated rings. The van der Waals surface area contributed by atoms with Crippen LogP contribution in [0.25, 0.3) is 0 Å². The third-order valence-electron chi connectivity index (χ3n) is 6.76. The number of anilines is 1. The highest BCUT2D eigenvalue weighted by Crippen LogP contribution is 2.30. The number of carbonyl (C=O) groups excluding carboxylic acids is 1. The minimum Gasteiger partial charge on any atom is -0.371 e. The van der Waals surface area contributed by atoms with E-state index in [1.807, 2.05) is 35.2 Å². The Bertz CT molecular complexity index is 843. The van der Waals surface area contributed by atoms with Gasteiger partial charge < -0.3 is 16.0 Å². The monoisotopic (exact) mass is 422 g/mol. The molecule has 0 amide bonds. The molecule has 2 aliphatic carbocycles. The van der Waals surface area contributed by atoms with Gasteiger partial charge in [-0.25, -0.2) is 0 Å². The number of hydrogen-bond acceptors (Lipinski definition) is 5. The van der Waals surface area contributed by atoms with Crippen LogP contribution in [-0.4, -0.2) is 48.7 Å². The van der Waals surface area contributed by atoms with Gasteiger partial charge in [-0.05, 0) is 50.2 Å². The van der Waals surface area contributed by atoms with E-state index in [4.69, 9.17) is 5.41 Å². The van der Waals surface area contributed by atoms with Crippen molar-refractivity contribution >= 4 is 23.8 Å². The molecule has 0 bridgehead atoms. The molecule has 166 valence electrons. The Labute approximate surface area is 184 Å². The van der Waals surface area contributed by atoms with Gasteiger partial charge in [0.25, 0.3) is 0 Å². The molecule has 1 heterocycles. The number of amidine groups is 1. The van der Waals surface area contributed by atoms with Gasteiger partial charge in [-0.2, -0.15) is 0 Å². The molecule has 1 aromatic carbocycles. The summed E-state index contributed by atoms with van der Waals surface area (Å²) in [6, 6.07) is 10.5. The quantitative estimate of drug-likeness (QED) is 0.223. The number of nitrogens with zero attached hydrogens (tertiary/aromatic N) is 2. The fourth-order valence-electron chi connectivity index (χ4n) is 5.13. The third kappa shape index (κ3) is 4.92. The van der Waals surface area contributed by atoms with Crippen LogP contribution in [0.2, 0.25) is 0 Å². The maximum absolute atomic E-state index is 12.2. The van der Waals surface area contributed by atoms with E-state index < -0.39 is 0 Å². The number of guanidine groups is 1. The molecular weight excluding hydrogens is 388 g/mol. The van der Waals surface area contributed by atoms with Crippen LogP contribution < -0.4 is 16.0 Å². The molecule has 31 heavy (non-hydrogen) atoms. The summed E-state index contributed by atoms with van der Waals surface area (Å²) in [7, 11) is 1.76. The molecular formula is C24H34N6O. The second kappa shape index (κ2) is 9.98. The summed E-state index contributed by atoms with van der Waals surface area (Å²) in [5.41, 5.74) is 1.50. The van der Waals surface area contributed by atoms with E-state index in [-0.39, 0.29) is 12.5 Å². The molecule has 7 heteroatoms. The summed E-state index contributed by atoms with van der Waals surface area (Å²) in [6.45, 7) is 0.845. The molecule has 2 saturated carbocycles. The molecule has 0 radical (unpaired) electrons. The summed E-state index contributed by atoms with van der Waals surface area (Å²) < 4.78 is 0. The zero-order valence-electron chi connectivity index (χ0n) is 18.4. The fourth-order valence-corrected chi connectivity index (χ4v) is 5.13. The average molecular weight is 423 g/mol. The van der Waals surface area contributed by atoms with Crippen molar-refractivity contribution in [3.05, 3.63) is 41.7 Å². The summed E-state index contributed by atoms with van der Waals surface area (Å²) in [5.74, 6) is 2.52. The number of nitrogens with one attached hydrogen (secondary N) is 4. The molecule has 0 unspecified atom stereocenters. The summed E-state index contributed by atoms with van der Waals surface area (Å²) in [5, 5.41) is 19.2. The van der Waals surface area contributed by atoms with Gasteiger partial charge in [-0.3, -0.25) is 20.1 Å². The zero-order valence-corrected chi connectivity index (χ0v) is 18.4. The van der Waals surface area contributed by atoms with Crippen molar-refractivity contribution in [3.8, 4) is 0 Å². The normalized spacial score (nSPS) is 25.2. The van der Waals surface area contributed by atoms with E-state index in [1.54, 1.807) is 7.05 Å². The first kappa shape index (κ1) is 21.4. The first-order chi connectivity index (χ1) is 15.2. The molecule has 1 aromatic rings. The van der Waals surface area contributed by atoms with E-state index in [0.29, 0.717) is 29.2 Å². The number of aliphatic imine (C=N–C) groups is 1. The minimum absolute atomic E-state index is 0.260. The van der Waals surface area contributed by atoms with Crippen LogP contribution in [0, 0.1) is 11.3 Å². The number of rotatable bonds is 8. The zero-order chi connectivity index (χ0) is 21.6. The van der Waals surface area contributed by atoms with E-state index in [9.17, 15) is 4.79 Å². The van der Waals surface area contributed by atoms with Gasteiger partial charge >= 0.3 is 0 Å². The highest BCUT2D eigenvalue weighted by Gasteiger charge is 2.42. The van der Waals surface area contributed by atoms with Gasteiger partial charge in [0, 0.05) is 37.3 Å². The summed E-state index contributed by atoms with van der Waals surface area (Å²) in [4.78, 5) is 18.5. The first-order valence-electron chi connectivity index (χ1n) is 11.5. The van der Waals surface area contributed by atoms with Gasteiger partial charge in [0.2, 0.25) is 0 Å². The highest BCUT2D eigenvalue weighted by molar-refractivity contribution is 6.03. The van der Waals surface area contributed by atoms with Crippen LogP contribution in [-0.2, 0) is 4.79 Å². The lowest BCUT2D eigenvalue weighted by molar-refractivity contribution is -0.105. The Kier molecular flexibility index (Phi) is 6.89. The topological polar surface area (TPSA) is 92.6 Å². The predicted octanol–water partition coefficient (Wildman–Crippen LogP) is 3.47. The molecule has 0 aromatic heterocycles. The Morgan fingerprint density at radius 1 is 1.19 bits per heavy atom. The standard InChI is InChI=1S/C24H34N6O/c1-26-24-29-20-12-7-13-21(20)30(24)22(25)14-18(16-31)23(27-15-17-8-5-6-9-17)28-19-10-3-2-4-11-19/h2-4,10-11,16-17,20-21,25,27-28H,5-9,12-15H2,1H3,(H,26,29)/b23-18-,25-22?/t20-,21+/m1/s1. The third-order valence-corrected chi connectivity index (χ3v) is 6.76. The van der Waals surface area contributed by atoms with Crippen LogP contribution in [0.15, 0.2) is 46.7 Å². The molecule has 7 nitrogen and oxygen atoms in total. The smallest absolute Gasteiger partial charge is 0.199 e. The number of fused-ring (bicyclic) bond motifs is 1. The van der Waals surface area contributed by atoms with Gasteiger partial charge in [-0.15, -0.1) is 0 Å². The van der Waals surface area contributed by atoms with E-state index in [1.165, 1.54) is 25.7 Å².